The van der Waals surface area contributed by atoms with Gasteiger partial charge >= 0.3 is 6.36 Å². The van der Waals surface area contributed by atoms with Gasteiger partial charge in [0.2, 0.25) is 0 Å². The molecule has 154 valence electrons. The molecule has 0 radical (unpaired) electrons. The second-order valence-corrected chi connectivity index (χ2v) is 6.23. The monoisotopic (exact) mass is 508 g/mol. The largest absolute Gasteiger partial charge is 0.573 e. The topological polar surface area (TPSA) is 62.9 Å². The second-order valence-electron chi connectivity index (χ2n) is 6.23. The molecule has 0 fully saturated rings. The minimum Gasteiger partial charge on any atom is -0.406 e. The Balaban J connectivity index is 0.00000392. The van der Waals surface area contributed by atoms with Crippen LogP contribution in [-0.4, -0.2) is 43.9 Å². The molecule has 0 bridgehead atoms. The van der Waals surface area contributed by atoms with Crippen LogP contribution in [0.3, 0.4) is 0 Å². The maximum atomic E-state index is 12.2. The van der Waals surface area contributed by atoms with Crippen LogP contribution in [0.4, 0.5) is 18.9 Å². The molecule has 2 aromatic carbocycles. The van der Waals surface area contributed by atoms with Gasteiger partial charge in [0.15, 0.2) is 5.96 Å². The van der Waals surface area contributed by atoms with E-state index in [2.05, 4.69) is 32.1 Å². The maximum Gasteiger partial charge on any atom is 0.573 e. The number of halogens is 4. The summed E-state index contributed by atoms with van der Waals surface area (Å²) in [5, 5.41) is 2.86. The van der Waals surface area contributed by atoms with Gasteiger partial charge in [-0.3, -0.25) is 4.99 Å². The lowest BCUT2D eigenvalue weighted by molar-refractivity contribution is -0.274. The van der Waals surface area contributed by atoms with Crippen molar-refractivity contribution in [3.05, 3.63) is 60.2 Å². The highest BCUT2D eigenvalue weighted by Gasteiger charge is 2.30. The molecular weight excluding hydrogens is 484 g/mol. The maximum absolute atomic E-state index is 12.2. The molecule has 3 N–H and O–H groups in total. The molecular formula is C19H24F3IN4O. The van der Waals surface area contributed by atoms with Gasteiger partial charge in [-0.1, -0.05) is 30.3 Å². The summed E-state index contributed by atoms with van der Waals surface area (Å²) in [6, 6.07) is 15.5. The van der Waals surface area contributed by atoms with E-state index in [-0.39, 0.29) is 41.7 Å². The summed E-state index contributed by atoms with van der Waals surface area (Å²) in [4.78, 5) is 6.43. The number of hydrogen-bond donors (Lipinski definition) is 2. The van der Waals surface area contributed by atoms with E-state index in [4.69, 9.17) is 5.73 Å². The van der Waals surface area contributed by atoms with Gasteiger partial charge in [0, 0.05) is 11.7 Å². The lowest BCUT2D eigenvalue weighted by atomic mass is 10.1. The number of hydrogen-bond acceptors (Lipinski definition) is 3. The van der Waals surface area contributed by atoms with Crippen molar-refractivity contribution >= 4 is 35.6 Å². The van der Waals surface area contributed by atoms with Crippen molar-refractivity contribution in [2.24, 2.45) is 10.7 Å². The van der Waals surface area contributed by atoms with Gasteiger partial charge in [-0.2, -0.15) is 0 Å². The molecule has 2 rings (SSSR count). The van der Waals surface area contributed by atoms with E-state index >= 15 is 0 Å². The molecule has 0 heterocycles. The molecule has 0 aliphatic carbocycles. The van der Waals surface area contributed by atoms with E-state index in [1.165, 1.54) is 29.8 Å². The van der Waals surface area contributed by atoms with Gasteiger partial charge in [-0.25, -0.2) is 0 Å². The van der Waals surface area contributed by atoms with Crippen molar-refractivity contribution < 1.29 is 17.9 Å². The number of nitrogens with one attached hydrogen (secondary N) is 1. The Morgan fingerprint density at radius 3 is 2.25 bits per heavy atom. The smallest absolute Gasteiger partial charge is 0.406 e. The van der Waals surface area contributed by atoms with Gasteiger partial charge in [0.1, 0.15) is 5.75 Å². The van der Waals surface area contributed by atoms with E-state index in [1.807, 2.05) is 32.3 Å². The van der Waals surface area contributed by atoms with E-state index in [0.717, 1.165) is 6.42 Å². The number of benzene rings is 2. The Hall–Kier alpha value is -2.01. The number of alkyl halides is 3. The second kappa shape index (κ2) is 11.1. The van der Waals surface area contributed by atoms with Crippen LogP contribution >= 0.6 is 24.0 Å². The van der Waals surface area contributed by atoms with E-state index < -0.39 is 6.36 Å². The Morgan fingerprint density at radius 1 is 1.11 bits per heavy atom. The predicted molar refractivity (Wildman–Crippen MR) is 116 cm³/mol. The van der Waals surface area contributed by atoms with E-state index in [1.54, 1.807) is 0 Å². The molecule has 28 heavy (non-hydrogen) atoms. The molecule has 0 aliphatic rings. The Morgan fingerprint density at radius 2 is 1.71 bits per heavy atom. The zero-order valence-electron chi connectivity index (χ0n) is 15.6. The van der Waals surface area contributed by atoms with Crippen molar-refractivity contribution in [2.75, 3.05) is 26.0 Å². The highest BCUT2D eigenvalue weighted by molar-refractivity contribution is 14.0. The lowest BCUT2D eigenvalue weighted by Gasteiger charge is -2.23. The number of aliphatic imine (C=N–C) groups is 1. The van der Waals surface area contributed by atoms with Gasteiger partial charge in [-0.05, 0) is 50.3 Å². The summed E-state index contributed by atoms with van der Waals surface area (Å²) in [7, 11) is 3.96. The number of nitrogens with two attached hydrogens (primary N) is 1. The molecule has 0 amide bonds. The first-order valence-corrected chi connectivity index (χ1v) is 8.36. The average Bonchev–Trinajstić information content (AvgIpc) is 2.59. The zero-order chi connectivity index (χ0) is 19.9. The minimum absolute atomic E-state index is 0. The third kappa shape index (κ3) is 8.79. The number of ether oxygens (including phenoxy) is 1. The molecule has 1 unspecified atom stereocenters. The third-order valence-electron chi connectivity index (χ3n) is 3.88. The number of likely N-dealkylation sites (N-methyl/N-ethyl adjacent to an activating group) is 1. The van der Waals surface area contributed by atoms with Crippen LogP contribution in [0.25, 0.3) is 0 Å². The predicted octanol–water partition coefficient (Wildman–Crippen LogP) is 4.10. The van der Waals surface area contributed by atoms with E-state index in [0.29, 0.717) is 12.2 Å². The molecule has 1 atom stereocenters. The van der Waals surface area contributed by atoms with Crippen LogP contribution in [0, 0.1) is 0 Å². The summed E-state index contributed by atoms with van der Waals surface area (Å²) in [5.74, 6) is -0.0986. The standard InChI is InChI=1S/C19H23F3N4O.HI/c1-26(2)16(12-14-6-4-3-5-7-14)13-24-18(23)25-15-8-10-17(11-9-15)27-19(20,21)22;/h3-11,16H,12-13H2,1-2H3,(H3,23,24,25);1H. The van der Waals surface area contributed by atoms with Gasteiger partial charge in [0.25, 0.3) is 0 Å². The summed E-state index contributed by atoms with van der Waals surface area (Å²) in [6.07, 6.45) is -3.89. The van der Waals surface area contributed by atoms with Gasteiger partial charge in [-0.15, -0.1) is 37.1 Å². The van der Waals surface area contributed by atoms with Crippen molar-refractivity contribution in [1.29, 1.82) is 0 Å². The van der Waals surface area contributed by atoms with Crippen LogP contribution in [0.5, 0.6) is 5.75 Å². The van der Waals surface area contributed by atoms with Gasteiger partial charge < -0.3 is 20.7 Å². The Kier molecular flexibility index (Phi) is 9.53. The highest BCUT2D eigenvalue weighted by atomic mass is 127. The van der Waals surface area contributed by atoms with Crippen molar-refractivity contribution in [1.82, 2.24) is 4.90 Å². The fourth-order valence-corrected chi connectivity index (χ4v) is 2.43. The number of nitrogens with zero attached hydrogens (tertiary/aromatic N) is 2. The molecule has 9 heteroatoms. The Labute approximate surface area is 179 Å². The van der Waals surface area contributed by atoms with Crippen LogP contribution in [0.15, 0.2) is 59.6 Å². The molecule has 2 aromatic rings. The summed E-state index contributed by atoms with van der Waals surface area (Å²) in [5.41, 5.74) is 7.63. The third-order valence-corrected chi connectivity index (χ3v) is 3.88. The SMILES string of the molecule is CN(C)C(CN=C(N)Nc1ccc(OC(F)(F)F)cc1)Cc1ccccc1.I. The van der Waals surface area contributed by atoms with Crippen LogP contribution in [0.1, 0.15) is 5.56 Å². The fourth-order valence-electron chi connectivity index (χ4n) is 2.43. The molecule has 0 saturated carbocycles. The molecule has 0 saturated heterocycles. The zero-order valence-corrected chi connectivity index (χ0v) is 17.9. The summed E-state index contributed by atoms with van der Waals surface area (Å²) in [6.45, 7) is 0.482. The number of guanidine groups is 1. The molecule has 0 spiro atoms. The quantitative estimate of drug-likeness (QED) is 0.336. The number of anilines is 1. The average molecular weight is 508 g/mol. The normalized spacial score (nSPS) is 13.0. The molecule has 0 aromatic heterocycles. The molecule has 5 nitrogen and oxygen atoms in total. The first-order valence-electron chi connectivity index (χ1n) is 8.36. The van der Waals surface area contributed by atoms with Crippen molar-refractivity contribution in [2.45, 2.75) is 18.8 Å². The van der Waals surface area contributed by atoms with Crippen molar-refractivity contribution in [3.63, 3.8) is 0 Å². The highest BCUT2D eigenvalue weighted by Crippen LogP contribution is 2.23. The minimum atomic E-state index is -4.71. The Bertz CT molecular complexity index is 737. The van der Waals surface area contributed by atoms with Crippen LogP contribution in [0.2, 0.25) is 0 Å². The van der Waals surface area contributed by atoms with Crippen LogP contribution < -0.4 is 15.8 Å². The first kappa shape index (κ1) is 24.0. The summed E-state index contributed by atoms with van der Waals surface area (Å²) < 4.78 is 40.3. The van der Waals surface area contributed by atoms with Crippen molar-refractivity contribution in [3.8, 4) is 5.75 Å². The van der Waals surface area contributed by atoms with Crippen LogP contribution in [-0.2, 0) is 6.42 Å². The lowest BCUT2D eigenvalue weighted by Crippen LogP contribution is -2.34. The molecule has 0 aliphatic heterocycles. The van der Waals surface area contributed by atoms with E-state index in [9.17, 15) is 13.2 Å². The van der Waals surface area contributed by atoms with Gasteiger partial charge in [0.05, 0.1) is 6.54 Å². The fraction of sp³-hybridized carbons (Fsp3) is 0.316. The number of rotatable bonds is 7. The first-order chi connectivity index (χ1) is 12.7. The summed E-state index contributed by atoms with van der Waals surface area (Å²) >= 11 is 0.